The SMILES string of the molecule is CC(C)C(CBr)CN1CCC(CCO)C1. The van der Waals surface area contributed by atoms with Gasteiger partial charge in [-0.1, -0.05) is 29.8 Å². The highest BCUT2D eigenvalue weighted by atomic mass is 79.9. The van der Waals surface area contributed by atoms with Gasteiger partial charge < -0.3 is 10.0 Å². The first kappa shape index (κ1) is 13.5. The Hall–Kier alpha value is 0.400. The lowest BCUT2D eigenvalue weighted by molar-refractivity contribution is 0.229. The zero-order valence-corrected chi connectivity index (χ0v) is 11.5. The summed E-state index contributed by atoms with van der Waals surface area (Å²) in [6, 6.07) is 0. The average molecular weight is 278 g/mol. The maximum Gasteiger partial charge on any atom is 0.0434 e. The zero-order valence-electron chi connectivity index (χ0n) is 9.95. The van der Waals surface area contributed by atoms with Crippen molar-refractivity contribution in [1.29, 1.82) is 0 Å². The third-order valence-corrected chi connectivity index (χ3v) is 4.37. The lowest BCUT2D eigenvalue weighted by Gasteiger charge is -2.25. The van der Waals surface area contributed by atoms with Gasteiger partial charge in [-0.15, -0.1) is 0 Å². The molecule has 0 spiro atoms. The van der Waals surface area contributed by atoms with Gasteiger partial charge in [0.05, 0.1) is 0 Å². The van der Waals surface area contributed by atoms with Crippen LogP contribution in [0.3, 0.4) is 0 Å². The second-order valence-electron chi connectivity index (χ2n) is 5.08. The smallest absolute Gasteiger partial charge is 0.0434 e. The second-order valence-corrected chi connectivity index (χ2v) is 5.73. The second kappa shape index (κ2) is 6.87. The quantitative estimate of drug-likeness (QED) is 0.754. The number of likely N-dealkylation sites (tertiary alicyclic amines) is 1. The zero-order chi connectivity index (χ0) is 11.3. The third kappa shape index (κ3) is 4.41. The van der Waals surface area contributed by atoms with Crippen LogP contribution in [0.15, 0.2) is 0 Å². The Balaban J connectivity index is 2.28. The Morgan fingerprint density at radius 3 is 2.73 bits per heavy atom. The van der Waals surface area contributed by atoms with Gasteiger partial charge in [-0.25, -0.2) is 0 Å². The molecule has 2 atom stereocenters. The van der Waals surface area contributed by atoms with E-state index in [9.17, 15) is 0 Å². The van der Waals surface area contributed by atoms with E-state index < -0.39 is 0 Å². The number of aliphatic hydroxyl groups excluding tert-OH is 1. The van der Waals surface area contributed by atoms with Gasteiger partial charge in [-0.3, -0.25) is 0 Å². The van der Waals surface area contributed by atoms with E-state index in [2.05, 4.69) is 34.7 Å². The molecule has 1 heterocycles. The molecule has 1 saturated heterocycles. The Labute approximate surface area is 102 Å². The first-order valence-electron chi connectivity index (χ1n) is 6.06. The summed E-state index contributed by atoms with van der Waals surface area (Å²) in [7, 11) is 0. The third-order valence-electron chi connectivity index (χ3n) is 3.54. The minimum Gasteiger partial charge on any atom is -0.396 e. The van der Waals surface area contributed by atoms with Crippen LogP contribution in [0.25, 0.3) is 0 Å². The van der Waals surface area contributed by atoms with Crippen molar-refractivity contribution in [2.24, 2.45) is 17.8 Å². The Bertz CT molecular complexity index is 175. The van der Waals surface area contributed by atoms with Crippen molar-refractivity contribution in [1.82, 2.24) is 4.90 Å². The van der Waals surface area contributed by atoms with Crippen molar-refractivity contribution >= 4 is 15.9 Å². The van der Waals surface area contributed by atoms with Crippen LogP contribution in [0, 0.1) is 17.8 Å². The molecule has 1 aliphatic heterocycles. The van der Waals surface area contributed by atoms with Gasteiger partial charge in [0.1, 0.15) is 0 Å². The average Bonchev–Trinajstić information content (AvgIpc) is 2.62. The minimum absolute atomic E-state index is 0.352. The molecule has 0 saturated carbocycles. The summed E-state index contributed by atoms with van der Waals surface area (Å²) >= 11 is 3.60. The van der Waals surface area contributed by atoms with Crippen molar-refractivity contribution in [2.45, 2.75) is 26.7 Å². The van der Waals surface area contributed by atoms with Crippen molar-refractivity contribution in [2.75, 3.05) is 31.6 Å². The summed E-state index contributed by atoms with van der Waals surface area (Å²) in [6.07, 6.45) is 2.25. The van der Waals surface area contributed by atoms with Gasteiger partial charge in [0.15, 0.2) is 0 Å². The van der Waals surface area contributed by atoms with E-state index in [0.717, 1.165) is 29.5 Å². The number of aliphatic hydroxyl groups is 1. The van der Waals surface area contributed by atoms with E-state index in [1.54, 1.807) is 0 Å². The van der Waals surface area contributed by atoms with Crippen molar-refractivity contribution in [3.63, 3.8) is 0 Å². The fourth-order valence-corrected chi connectivity index (χ4v) is 3.22. The number of nitrogens with zero attached hydrogens (tertiary/aromatic N) is 1. The van der Waals surface area contributed by atoms with Crippen LogP contribution in [0.5, 0.6) is 0 Å². The number of hydrogen-bond donors (Lipinski definition) is 1. The lowest BCUT2D eigenvalue weighted by Crippen LogP contribution is -2.31. The summed E-state index contributed by atoms with van der Waals surface area (Å²) in [5, 5.41) is 10.0. The Morgan fingerprint density at radius 1 is 1.47 bits per heavy atom. The van der Waals surface area contributed by atoms with Crippen LogP contribution in [-0.2, 0) is 0 Å². The van der Waals surface area contributed by atoms with E-state index in [-0.39, 0.29) is 0 Å². The summed E-state index contributed by atoms with van der Waals surface area (Å²) in [4.78, 5) is 2.56. The Morgan fingerprint density at radius 2 is 2.20 bits per heavy atom. The number of halogens is 1. The molecule has 1 fully saturated rings. The van der Waals surface area contributed by atoms with E-state index >= 15 is 0 Å². The fourth-order valence-electron chi connectivity index (χ4n) is 2.27. The summed E-state index contributed by atoms with van der Waals surface area (Å²) < 4.78 is 0. The van der Waals surface area contributed by atoms with E-state index in [1.807, 2.05) is 0 Å². The van der Waals surface area contributed by atoms with Gasteiger partial charge in [0.2, 0.25) is 0 Å². The topological polar surface area (TPSA) is 23.5 Å². The van der Waals surface area contributed by atoms with Crippen LogP contribution in [0.2, 0.25) is 0 Å². The highest BCUT2D eigenvalue weighted by molar-refractivity contribution is 9.09. The van der Waals surface area contributed by atoms with Gasteiger partial charge in [0, 0.05) is 25.0 Å². The highest BCUT2D eigenvalue weighted by Gasteiger charge is 2.24. The van der Waals surface area contributed by atoms with Gasteiger partial charge in [0.25, 0.3) is 0 Å². The largest absolute Gasteiger partial charge is 0.396 e. The molecule has 1 N–H and O–H groups in total. The molecule has 0 amide bonds. The van der Waals surface area contributed by atoms with Crippen LogP contribution in [0.4, 0.5) is 0 Å². The normalized spacial score (nSPS) is 25.0. The standard InChI is InChI=1S/C12H24BrNO/c1-10(2)12(7-13)9-14-5-3-11(8-14)4-6-15/h10-12,15H,3-9H2,1-2H3. The van der Waals surface area contributed by atoms with Gasteiger partial charge >= 0.3 is 0 Å². The molecule has 90 valence electrons. The molecule has 0 aliphatic carbocycles. The predicted molar refractivity (Wildman–Crippen MR) is 68.4 cm³/mol. The van der Waals surface area contributed by atoms with Crippen LogP contribution < -0.4 is 0 Å². The van der Waals surface area contributed by atoms with Crippen molar-refractivity contribution in [3.8, 4) is 0 Å². The van der Waals surface area contributed by atoms with Crippen LogP contribution >= 0.6 is 15.9 Å². The molecule has 0 radical (unpaired) electrons. The molecule has 0 bridgehead atoms. The van der Waals surface area contributed by atoms with Crippen LogP contribution in [-0.4, -0.2) is 41.6 Å². The highest BCUT2D eigenvalue weighted by Crippen LogP contribution is 2.23. The van der Waals surface area contributed by atoms with Crippen molar-refractivity contribution in [3.05, 3.63) is 0 Å². The number of hydrogen-bond acceptors (Lipinski definition) is 2. The Kier molecular flexibility index (Phi) is 6.17. The molecule has 1 aliphatic rings. The van der Waals surface area contributed by atoms with E-state index in [0.29, 0.717) is 6.61 Å². The summed E-state index contributed by atoms with van der Waals surface area (Å²) in [5.74, 6) is 2.25. The summed E-state index contributed by atoms with van der Waals surface area (Å²) in [5.41, 5.74) is 0. The van der Waals surface area contributed by atoms with E-state index in [4.69, 9.17) is 5.11 Å². The fraction of sp³-hybridized carbons (Fsp3) is 1.00. The molecule has 15 heavy (non-hydrogen) atoms. The minimum atomic E-state index is 0.352. The van der Waals surface area contributed by atoms with Crippen molar-refractivity contribution < 1.29 is 5.11 Å². The van der Waals surface area contributed by atoms with E-state index in [1.165, 1.54) is 26.1 Å². The maximum absolute atomic E-state index is 8.90. The molecule has 0 aromatic carbocycles. The summed E-state index contributed by atoms with van der Waals surface area (Å²) in [6.45, 7) is 8.58. The number of rotatable bonds is 6. The maximum atomic E-state index is 8.90. The van der Waals surface area contributed by atoms with Gasteiger partial charge in [-0.05, 0) is 37.1 Å². The van der Waals surface area contributed by atoms with Gasteiger partial charge in [-0.2, -0.15) is 0 Å². The molecule has 0 aromatic rings. The molecular weight excluding hydrogens is 254 g/mol. The molecule has 2 unspecified atom stereocenters. The molecular formula is C12H24BrNO. The first-order chi connectivity index (χ1) is 7.17. The van der Waals surface area contributed by atoms with Crippen LogP contribution in [0.1, 0.15) is 26.7 Å². The lowest BCUT2D eigenvalue weighted by atomic mass is 9.97. The predicted octanol–water partition coefficient (Wildman–Crippen LogP) is 2.36. The molecule has 1 rings (SSSR count). The molecule has 3 heteroatoms. The molecule has 0 aromatic heterocycles. The first-order valence-corrected chi connectivity index (χ1v) is 7.18. The number of alkyl halides is 1. The molecule has 2 nitrogen and oxygen atoms in total. The monoisotopic (exact) mass is 277 g/mol.